The maximum absolute atomic E-state index is 10.8. The second kappa shape index (κ2) is 5.43. The first-order valence-electron chi connectivity index (χ1n) is 4.09. The molecule has 1 heterocycles. The first-order chi connectivity index (χ1) is 6.76. The van der Waals surface area contributed by atoms with Crippen LogP contribution in [-0.2, 0) is 11.2 Å². The summed E-state index contributed by atoms with van der Waals surface area (Å²) >= 11 is 5.48. The molecule has 0 saturated carbocycles. The summed E-state index contributed by atoms with van der Waals surface area (Å²) in [5.41, 5.74) is 0. The second-order valence-corrected chi connectivity index (χ2v) is 2.84. The molecular weight excluding hydrogens is 208 g/mol. The zero-order valence-electron chi connectivity index (χ0n) is 7.71. The molecule has 0 radical (unpaired) electrons. The lowest BCUT2D eigenvalue weighted by Gasteiger charge is -1.98. The first-order valence-corrected chi connectivity index (χ1v) is 4.62. The van der Waals surface area contributed by atoms with Crippen LogP contribution in [0.2, 0.25) is 0 Å². The Labute approximate surface area is 86.0 Å². The molecule has 0 aromatic carbocycles. The van der Waals surface area contributed by atoms with Crippen LogP contribution in [-0.4, -0.2) is 35.6 Å². The van der Waals surface area contributed by atoms with Gasteiger partial charge < -0.3 is 15.1 Å². The van der Waals surface area contributed by atoms with Gasteiger partial charge in [-0.25, -0.2) is 0 Å². The molecular formula is C7H11ClN4O2. The monoisotopic (exact) mass is 218 g/mol. The van der Waals surface area contributed by atoms with E-state index in [4.69, 9.17) is 16.0 Å². The van der Waals surface area contributed by atoms with E-state index in [9.17, 15) is 4.79 Å². The normalized spacial score (nSPS) is 9.86. The standard InChI is InChI=1S/C7H11ClN4O2/c1-9-5(13)4-10-7-12-11-6(14-7)2-3-8/h2-4H2,1H3,(H,9,13)(H,10,12). The third kappa shape index (κ3) is 3.21. The fourth-order valence-electron chi connectivity index (χ4n) is 0.751. The van der Waals surface area contributed by atoms with E-state index in [2.05, 4.69) is 20.8 Å². The maximum atomic E-state index is 10.8. The molecule has 0 saturated heterocycles. The maximum Gasteiger partial charge on any atom is 0.315 e. The van der Waals surface area contributed by atoms with E-state index < -0.39 is 0 Å². The molecule has 7 heteroatoms. The predicted molar refractivity (Wildman–Crippen MR) is 51.3 cm³/mol. The average Bonchev–Trinajstić information content (AvgIpc) is 2.63. The number of alkyl halides is 1. The summed E-state index contributed by atoms with van der Waals surface area (Å²) in [7, 11) is 1.55. The number of hydrogen-bond donors (Lipinski definition) is 2. The van der Waals surface area contributed by atoms with Crippen LogP contribution in [0.25, 0.3) is 0 Å². The van der Waals surface area contributed by atoms with Crippen molar-refractivity contribution in [2.75, 3.05) is 24.8 Å². The largest absolute Gasteiger partial charge is 0.408 e. The molecule has 2 N–H and O–H groups in total. The lowest BCUT2D eigenvalue weighted by molar-refractivity contribution is -0.118. The third-order valence-electron chi connectivity index (χ3n) is 1.45. The number of nitrogens with zero attached hydrogens (tertiary/aromatic N) is 2. The number of aromatic nitrogens is 2. The van der Waals surface area contributed by atoms with Crippen LogP contribution in [0, 0.1) is 0 Å². The Morgan fingerprint density at radius 2 is 2.36 bits per heavy atom. The quantitative estimate of drug-likeness (QED) is 0.681. The highest BCUT2D eigenvalue weighted by atomic mass is 35.5. The minimum absolute atomic E-state index is 0.110. The zero-order chi connectivity index (χ0) is 10.4. The van der Waals surface area contributed by atoms with Crippen LogP contribution in [0.15, 0.2) is 4.42 Å². The van der Waals surface area contributed by atoms with Crippen molar-refractivity contribution in [3.05, 3.63) is 5.89 Å². The van der Waals surface area contributed by atoms with Crippen LogP contribution < -0.4 is 10.6 Å². The van der Waals surface area contributed by atoms with Gasteiger partial charge in [-0.05, 0) is 0 Å². The number of carbonyl (C=O) groups excluding carboxylic acids is 1. The minimum Gasteiger partial charge on any atom is -0.408 e. The first kappa shape index (κ1) is 10.8. The van der Waals surface area contributed by atoms with Crippen molar-refractivity contribution < 1.29 is 9.21 Å². The number of amides is 1. The molecule has 1 rings (SSSR count). The zero-order valence-corrected chi connectivity index (χ0v) is 8.47. The molecule has 0 aliphatic heterocycles. The molecule has 0 atom stereocenters. The van der Waals surface area contributed by atoms with Gasteiger partial charge in [0.2, 0.25) is 11.8 Å². The molecule has 0 aliphatic rings. The summed E-state index contributed by atoms with van der Waals surface area (Å²) in [6.45, 7) is 0.110. The van der Waals surface area contributed by atoms with E-state index in [-0.39, 0.29) is 18.5 Å². The van der Waals surface area contributed by atoms with Gasteiger partial charge in [0.15, 0.2) is 0 Å². The number of aryl methyl sites for hydroxylation is 1. The van der Waals surface area contributed by atoms with Crippen LogP contribution in [0.1, 0.15) is 5.89 Å². The number of nitrogens with one attached hydrogen (secondary N) is 2. The van der Waals surface area contributed by atoms with Crippen LogP contribution in [0.3, 0.4) is 0 Å². The number of anilines is 1. The molecule has 0 aliphatic carbocycles. The Morgan fingerprint density at radius 1 is 1.57 bits per heavy atom. The van der Waals surface area contributed by atoms with Gasteiger partial charge in [-0.15, -0.1) is 16.7 Å². The minimum atomic E-state index is -0.151. The van der Waals surface area contributed by atoms with E-state index in [0.717, 1.165) is 0 Å². The third-order valence-corrected chi connectivity index (χ3v) is 1.64. The second-order valence-electron chi connectivity index (χ2n) is 2.47. The van der Waals surface area contributed by atoms with Crippen molar-refractivity contribution in [2.45, 2.75) is 6.42 Å². The highest BCUT2D eigenvalue weighted by Gasteiger charge is 2.05. The van der Waals surface area contributed by atoms with Crippen LogP contribution in [0.4, 0.5) is 6.01 Å². The van der Waals surface area contributed by atoms with Crippen molar-refractivity contribution in [1.29, 1.82) is 0 Å². The molecule has 1 aromatic heterocycles. The predicted octanol–water partition coefficient (Wildman–Crippen LogP) is 0.00880. The van der Waals surface area contributed by atoms with Crippen molar-refractivity contribution in [1.82, 2.24) is 15.5 Å². The molecule has 0 bridgehead atoms. The van der Waals surface area contributed by atoms with Crippen molar-refractivity contribution >= 4 is 23.5 Å². The van der Waals surface area contributed by atoms with E-state index >= 15 is 0 Å². The molecule has 1 aromatic rings. The van der Waals surface area contributed by atoms with E-state index in [1.165, 1.54) is 0 Å². The fourth-order valence-corrected chi connectivity index (χ4v) is 0.913. The number of halogens is 1. The van der Waals surface area contributed by atoms with Gasteiger partial charge in [-0.1, -0.05) is 5.10 Å². The van der Waals surface area contributed by atoms with Crippen LogP contribution in [0.5, 0.6) is 0 Å². The Hall–Kier alpha value is -1.30. The van der Waals surface area contributed by atoms with E-state index in [1.54, 1.807) is 7.05 Å². The highest BCUT2D eigenvalue weighted by Crippen LogP contribution is 2.05. The molecule has 0 spiro atoms. The molecule has 1 amide bonds. The van der Waals surface area contributed by atoms with E-state index in [0.29, 0.717) is 18.2 Å². The Balaban J connectivity index is 2.39. The molecule has 78 valence electrons. The van der Waals surface area contributed by atoms with Gasteiger partial charge in [0, 0.05) is 19.3 Å². The van der Waals surface area contributed by atoms with Crippen molar-refractivity contribution in [2.24, 2.45) is 0 Å². The highest BCUT2D eigenvalue weighted by molar-refractivity contribution is 6.17. The van der Waals surface area contributed by atoms with Crippen LogP contribution >= 0.6 is 11.6 Å². The van der Waals surface area contributed by atoms with Gasteiger partial charge in [0.1, 0.15) is 0 Å². The Bertz CT molecular complexity index is 302. The van der Waals surface area contributed by atoms with E-state index in [1.807, 2.05) is 0 Å². The summed E-state index contributed by atoms with van der Waals surface area (Å²) in [6, 6.07) is 0.230. The molecule has 0 unspecified atom stereocenters. The summed E-state index contributed by atoms with van der Waals surface area (Å²) < 4.78 is 5.12. The molecule has 0 fully saturated rings. The topological polar surface area (TPSA) is 80.0 Å². The van der Waals surface area contributed by atoms with Gasteiger partial charge in [0.25, 0.3) is 0 Å². The van der Waals surface area contributed by atoms with Crippen molar-refractivity contribution in [3.63, 3.8) is 0 Å². The lowest BCUT2D eigenvalue weighted by Crippen LogP contribution is -2.26. The van der Waals surface area contributed by atoms with Gasteiger partial charge in [-0.2, -0.15) is 0 Å². The Morgan fingerprint density at radius 3 is 3.00 bits per heavy atom. The van der Waals surface area contributed by atoms with Crippen molar-refractivity contribution in [3.8, 4) is 0 Å². The molecule has 6 nitrogen and oxygen atoms in total. The summed E-state index contributed by atoms with van der Waals surface area (Å²) in [4.78, 5) is 10.8. The SMILES string of the molecule is CNC(=O)CNc1nnc(CCCl)o1. The van der Waals surface area contributed by atoms with Gasteiger partial charge in [0.05, 0.1) is 6.54 Å². The number of rotatable bonds is 5. The number of likely N-dealkylation sites (N-methyl/N-ethyl adjacent to an activating group) is 1. The fraction of sp³-hybridized carbons (Fsp3) is 0.571. The summed E-state index contributed by atoms with van der Waals surface area (Å²) in [5, 5.41) is 12.5. The summed E-state index contributed by atoms with van der Waals surface area (Å²) in [6.07, 6.45) is 0.524. The Kier molecular flexibility index (Phi) is 4.18. The number of hydrogen-bond acceptors (Lipinski definition) is 5. The average molecular weight is 219 g/mol. The molecule has 14 heavy (non-hydrogen) atoms. The smallest absolute Gasteiger partial charge is 0.315 e. The summed E-state index contributed by atoms with van der Waals surface area (Å²) in [5.74, 6) is 0.735. The lowest BCUT2D eigenvalue weighted by atomic mass is 10.5. The number of carbonyl (C=O) groups is 1. The van der Waals surface area contributed by atoms with Gasteiger partial charge in [-0.3, -0.25) is 4.79 Å². The van der Waals surface area contributed by atoms with Gasteiger partial charge >= 0.3 is 6.01 Å².